The quantitative estimate of drug-likeness (QED) is 0.560. The monoisotopic (exact) mass is 382 g/mol. The van der Waals surface area contributed by atoms with Crippen molar-refractivity contribution in [2.24, 2.45) is 0 Å². The van der Waals surface area contributed by atoms with Crippen LogP contribution in [0.25, 0.3) is 16.9 Å². The number of anilines is 1. The molecular weight excluding hydrogens is 369 g/mol. The van der Waals surface area contributed by atoms with Crippen LogP contribution in [0.2, 0.25) is 0 Å². The van der Waals surface area contributed by atoms with Gasteiger partial charge in [0.25, 0.3) is 5.91 Å². The first-order chi connectivity index (χ1) is 13.4. The highest BCUT2D eigenvalue weighted by atomic mass is 19.4. The number of pyridine rings is 2. The molecule has 5 nitrogen and oxygen atoms in total. The molecule has 0 bridgehead atoms. The number of hydrogen-bond acceptors (Lipinski definition) is 3. The molecule has 0 spiro atoms. The Bertz CT molecular complexity index is 1120. The maximum absolute atomic E-state index is 12.6. The van der Waals surface area contributed by atoms with Crippen LogP contribution in [0.4, 0.5) is 18.9 Å². The first kappa shape index (κ1) is 17.7. The molecule has 28 heavy (non-hydrogen) atoms. The fourth-order valence-electron chi connectivity index (χ4n) is 2.77. The number of fused-ring (bicyclic) bond motifs is 1. The molecule has 0 saturated heterocycles. The summed E-state index contributed by atoms with van der Waals surface area (Å²) >= 11 is 0. The van der Waals surface area contributed by atoms with Crippen LogP contribution in [0.1, 0.15) is 16.1 Å². The van der Waals surface area contributed by atoms with Crippen LogP contribution in [0.15, 0.2) is 73.2 Å². The van der Waals surface area contributed by atoms with Gasteiger partial charge in [0.05, 0.1) is 16.9 Å². The Hall–Kier alpha value is -3.68. The Morgan fingerprint density at radius 3 is 2.50 bits per heavy atom. The standard InChI is InChI=1S/C20H13F3N4O/c21-20(22,23)17-9-8-13(11-24-17)19(28)26-15-6-2-1-5-14(15)16-12-27-10-4-3-7-18(27)25-16/h1-12H,(H,26,28). The molecule has 4 aromatic rings. The second-order valence-electron chi connectivity index (χ2n) is 6.02. The van der Waals surface area contributed by atoms with Crippen molar-refractivity contribution in [1.82, 2.24) is 14.4 Å². The van der Waals surface area contributed by atoms with Gasteiger partial charge in [0.15, 0.2) is 0 Å². The molecule has 1 aromatic carbocycles. The van der Waals surface area contributed by atoms with Crippen LogP contribution >= 0.6 is 0 Å². The van der Waals surface area contributed by atoms with Crippen molar-refractivity contribution in [3.8, 4) is 11.3 Å². The summed E-state index contributed by atoms with van der Waals surface area (Å²) in [6.07, 6.45) is 0.0529. The Kier molecular flexibility index (Phi) is 4.31. The Morgan fingerprint density at radius 1 is 1.00 bits per heavy atom. The lowest BCUT2D eigenvalue weighted by Crippen LogP contribution is -2.14. The molecule has 0 aliphatic heterocycles. The highest BCUT2D eigenvalue weighted by molar-refractivity contribution is 6.06. The van der Waals surface area contributed by atoms with E-state index in [0.29, 0.717) is 16.9 Å². The Morgan fingerprint density at radius 2 is 1.79 bits per heavy atom. The minimum atomic E-state index is -4.55. The number of nitrogens with one attached hydrogen (secondary N) is 1. The minimum Gasteiger partial charge on any atom is -0.321 e. The third kappa shape index (κ3) is 3.44. The van der Waals surface area contributed by atoms with Gasteiger partial charge < -0.3 is 9.72 Å². The van der Waals surface area contributed by atoms with Gasteiger partial charge in [-0.3, -0.25) is 9.78 Å². The molecular formula is C20H13F3N4O. The van der Waals surface area contributed by atoms with E-state index < -0.39 is 17.8 Å². The summed E-state index contributed by atoms with van der Waals surface area (Å²) in [5.41, 5.74) is 1.58. The summed E-state index contributed by atoms with van der Waals surface area (Å²) in [7, 11) is 0. The van der Waals surface area contributed by atoms with Gasteiger partial charge in [-0.05, 0) is 30.3 Å². The van der Waals surface area contributed by atoms with Crippen molar-refractivity contribution >= 4 is 17.2 Å². The minimum absolute atomic E-state index is 0.0257. The number of amides is 1. The molecule has 0 radical (unpaired) electrons. The Balaban J connectivity index is 1.63. The van der Waals surface area contributed by atoms with Gasteiger partial charge in [0.1, 0.15) is 11.3 Å². The van der Waals surface area contributed by atoms with Crippen molar-refractivity contribution in [2.75, 3.05) is 5.32 Å². The molecule has 3 aromatic heterocycles. The van der Waals surface area contributed by atoms with Crippen molar-refractivity contribution in [3.05, 3.63) is 84.4 Å². The van der Waals surface area contributed by atoms with E-state index in [1.165, 1.54) is 0 Å². The lowest BCUT2D eigenvalue weighted by atomic mass is 10.1. The average Bonchev–Trinajstić information content (AvgIpc) is 3.12. The van der Waals surface area contributed by atoms with Crippen LogP contribution in [-0.2, 0) is 6.18 Å². The van der Waals surface area contributed by atoms with Crippen molar-refractivity contribution < 1.29 is 18.0 Å². The number of nitrogens with zero attached hydrogens (tertiary/aromatic N) is 3. The van der Waals surface area contributed by atoms with Gasteiger partial charge in [-0.1, -0.05) is 24.3 Å². The molecule has 140 valence electrons. The van der Waals surface area contributed by atoms with Gasteiger partial charge in [-0.15, -0.1) is 0 Å². The topological polar surface area (TPSA) is 59.3 Å². The van der Waals surface area contributed by atoms with Crippen LogP contribution in [0, 0.1) is 0 Å². The summed E-state index contributed by atoms with van der Waals surface area (Å²) in [5, 5.41) is 2.72. The predicted octanol–water partition coefficient (Wildman–Crippen LogP) is 4.67. The largest absolute Gasteiger partial charge is 0.433 e. The average molecular weight is 382 g/mol. The highest BCUT2D eigenvalue weighted by Crippen LogP contribution is 2.29. The molecule has 0 aliphatic carbocycles. The lowest BCUT2D eigenvalue weighted by molar-refractivity contribution is -0.141. The van der Waals surface area contributed by atoms with Crippen molar-refractivity contribution in [1.29, 1.82) is 0 Å². The number of alkyl halides is 3. The number of carbonyl (C=O) groups is 1. The van der Waals surface area contributed by atoms with Gasteiger partial charge >= 0.3 is 6.18 Å². The number of halogens is 3. The molecule has 0 aliphatic rings. The van der Waals surface area contributed by atoms with E-state index in [4.69, 9.17) is 0 Å². The van der Waals surface area contributed by atoms with Crippen molar-refractivity contribution in [2.45, 2.75) is 6.18 Å². The smallest absolute Gasteiger partial charge is 0.321 e. The SMILES string of the molecule is O=C(Nc1ccccc1-c1cn2ccccc2n1)c1ccc(C(F)(F)F)nc1. The zero-order chi connectivity index (χ0) is 19.7. The second-order valence-corrected chi connectivity index (χ2v) is 6.02. The molecule has 0 atom stereocenters. The van der Waals surface area contributed by atoms with E-state index in [-0.39, 0.29) is 5.56 Å². The molecule has 4 rings (SSSR count). The zero-order valence-electron chi connectivity index (χ0n) is 14.3. The van der Waals surface area contributed by atoms with E-state index in [0.717, 1.165) is 24.0 Å². The van der Waals surface area contributed by atoms with E-state index in [1.54, 1.807) is 12.1 Å². The number of imidazole rings is 1. The third-order valence-corrected chi connectivity index (χ3v) is 4.13. The predicted molar refractivity (Wildman–Crippen MR) is 97.8 cm³/mol. The molecule has 1 N–H and O–H groups in total. The van der Waals surface area contributed by atoms with Gasteiger partial charge in [0.2, 0.25) is 0 Å². The highest BCUT2D eigenvalue weighted by Gasteiger charge is 2.32. The number of aromatic nitrogens is 3. The van der Waals surface area contributed by atoms with Gasteiger partial charge in [0, 0.05) is 24.2 Å². The van der Waals surface area contributed by atoms with Gasteiger partial charge in [-0.2, -0.15) is 13.2 Å². The fourth-order valence-corrected chi connectivity index (χ4v) is 2.77. The van der Waals surface area contributed by atoms with E-state index in [1.807, 2.05) is 47.1 Å². The van der Waals surface area contributed by atoms with Crippen LogP contribution in [-0.4, -0.2) is 20.3 Å². The maximum atomic E-state index is 12.6. The molecule has 0 saturated carbocycles. The number of benzene rings is 1. The normalized spacial score (nSPS) is 11.5. The van der Waals surface area contributed by atoms with Crippen molar-refractivity contribution in [3.63, 3.8) is 0 Å². The van der Waals surface area contributed by atoms with E-state index in [2.05, 4.69) is 15.3 Å². The number of hydrogen-bond donors (Lipinski definition) is 1. The van der Waals surface area contributed by atoms with E-state index in [9.17, 15) is 18.0 Å². The Labute approximate surface area is 157 Å². The molecule has 0 unspecified atom stereocenters. The van der Waals surface area contributed by atoms with Gasteiger partial charge in [-0.25, -0.2) is 4.98 Å². The first-order valence-electron chi connectivity index (χ1n) is 8.29. The molecule has 1 amide bonds. The van der Waals surface area contributed by atoms with Crippen LogP contribution in [0.5, 0.6) is 0 Å². The van der Waals surface area contributed by atoms with Crippen LogP contribution in [0.3, 0.4) is 0 Å². The maximum Gasteiger partial charge on any atom is 0.433 e. The summed E-state index contributed by atoms with van der Waals surface area (Å²) in [6.45, 7) is 0. The lowest BCUT2D eigenvalue weighted by Gasteiger charge is -2.10. The third-order valence-electron chi connectivity index (χ3n) is 4.13. The summed E-state index contributed by atoms with van der Waals surface area (Å²) < 4.78 is 39.7. The zero-order valence-corrected chi connectivity index (χ0v) is 14.3. The molecule has 8 heteroatoms. The summed E-state index contributed by atoms with van der Waals surface area (Å²) in [6, 6.07) is 14.6. The molecule has 0 fully saturated rings. The summed E-state index contributed by atoms with van der Waals surface area (Å²) in [5.74, 6) is -0.558. The van der Waals surface area contributed by atoms with E-state index >= 15 is 0 Å². The first-order valence-corrected chi connectivity index (χ1v) is 8.29. The molecule has 3 heterocycles. The second kappa shape index (κ2) is 6.80. The number of carbonyl (C=O) groups excluding carboxylic acids is 1. The fraction of sp³-hybridized carbons (Fsp3) is 0.0500. The number of para-hydroxylation sites is 1. The summed E-state index contributed by atoms with van der Waals surface area (Å²) in [4.78, 5) is 20.3. The number of rotatable bonds is 3. The van der Waals surface area contributed by atoms with Crippen LogP contribution < -0.4 is 5.32 Å².